The predicted molar refractivity (Wildman–Crippen MR) is 89.0 cm³/mol. The van der Waals surface area contributed by atoms with Crippen LogP contribution in [0.25, 0.3) is 0 Å². The molecule has 2 unspecified atom stereocenters. The largest absolute Gasteiger partial charge is 0.467 e. The van der Waals surface area contributed by atoms with Crippen molar-refractivity contribution in [3.05, 3.63) is 35.4 Å². The van der Waals surface area contributed by atoms with Gasteiger partial charge in [0, 0.05) is 7.11 Å². The molecular formula is C19H28O4. The van der Waals surface area contributed by atoms with Crippen LogP contribution in [0.15, 0.2) is 24.3 Å². The molecule has 1 aliphatic heterocycles. The van der Waals surface area contributed by atoms with E-state index in [9.17, 15) is 4.79 Å². The zero-order chi connectivity index (χ0) is 17.0. The van der Waals surface area contributed by atoms with E-state index < -0.39 is 6.10 Å². The minimum Gasteiger partial charge on any atom is -0.467 e. The first-order chi connectivity index (χ1) is 11.0. The van der Waals surface area contributed by atoms with E-state index in [2.05, 4.69) is 45.0 Å². The van der Waals surface area contributed by atoms with Crippen molar-refractivity contribution in [3.8, 4) is 0 Å². The Bertz CT molecular complexity index is 511. The molecule has 1 saturated heterocycles. The second-order valence-corrected chi connectivity index (χ2v) is 6.65. The van der Waals surface area contributed by atoms with Crippen LogP contribution in [0.1, 0.15) is 31.9 Å². The molecular weight excluding hydrogens is 292 g/mol. The Hall–Kier alpha value is -1.39. The van der Waals surface area contributed by atoms with Crippen molar-refractivity contribution in [2.24, 2.45) is 17.8 Å². The molecule has 0 spiro atoms. The topological polar surface area (TPSA) is 44.8 Å². The van der Waals surface area contributed by atoms with Crippen LogP contribution in [-0.4, -0.2) is 32.4 Å². The summed E-state index contributed by atoms with van der Waals surface area (Å²) in [6.45, 7) is 7.09. The zero-order valence-electron chi connectivity index (χ0n) is 14.7. The molecule has 0 saturated carbocycles. The molecule has 1 fully saturated rings. The molecule has 0 aromatic heterocycles. The van der Waals surface area contributed by atoms with Crippen LogP contribution in [0.2, 0.25) is 0 Å². The Labute approximate surface area is 139 Å². The molecule has 0 N–H and O–H groups in total. The summed E-state index contributed by atoms with van der Waals surface area (Å²) in [6, 6.07) is 8.38. The SMILES string of the molecule is COCc1ccc(C[C@@H]2OC(C(=O)OC)[C@@H](C)[C@H](C)C2C)cc1. The highest BCUT2D eigenvalue weighted by Gasteiger charge is 2.42. The van der Waals surface area contributed by atoms with E-state index in [1.807, 2.05) is 0 Å². The summed E-state index contributed by atoms with van der Waals surface area (Å²) >= 11 is 0. The number of methoxy groups -OCH3 is 2. The molecule has 0 aliphatic carbocycles. The molecule has 1 aromatic rings. The standard InChI is InChI=1S/C19H28O4/c1-12-13(2)17(23-18(14(12)3)19(20)22-5)10-15-6-8-16(9-7-15)11-21-4/h6-9,12-14,17-18H,10-11H2,1-5H3/t12-,13?,14+,17+,18?/m1/s1. The lowest BCUT2D eigenvalue weighted by atomic mass is 9.75. The molecule has 4 nitrogen and oxygen atoms in total. The van der Waals surface area contributed by atoms with E-state index in [1.165, 1.54) is 12.7 Å². The third kappa shape index (κ3) is 4.12. The Morgan fingerprint density at radius 3 is 2.17 bits per heavy atom. The predicted octanol–water partition coefficient (Wildman–Crippen LogP) is 3.22. The summed E-state index contributed by atoms with van der Waals surface area (Å²) < 4.78 is 16.2. The lowest BCUT2D eigenvalue weighted by Gasteiger charge is -2.42. The molecule has 1 aromatic carbocycles. The Kier molecular flexibility index (Phi) is 6.19. The van der Waals surface area contributed by atoms with Gasteiger partial charge in [-0.2, -0.15) is 0 Å². The zero-order valence-corrected chi connectivity index (χ0v) is 14.7. The van der Waals surface area contributed by atoms with E-state index in [4.69, 9.17) is 14.2 Å². The lowest BCUT2D eigenvalue weighted by Crippen LogP contribution is -2.49. The van der Waals surface area contributed by atoms with E-state index in [0.29, 0.717) is 18.4 Å². The molecule has 1 heterocycles. The monoisotopic (exact) mass is 320 g/mol. The average Bonchev–Trinajstić information content (AvgIpc) is 2.56. The maximum Gasteiger partial charge on any atom is 0.335 e. The highest BCUT2D eigenvalue weighted by molar-refractivity contribution is 5.75. The molecule has 0 bridgehead atoms. The van der Waals surface area contributed by atoms with Gasteiger partial charge in [-0.3, -0.25) is 0 Å². The van der Waals surface area contributed by atoms with E-state index in [0.717, 1.165) is 12.0 Å². The van der Waals surface area contributed by atoms with Crippen LogP contribution < -0.4 is 0 Å². The number of benzene rings is 1. The first-order valence-electron chi connectivity index (χ1n) is 8.28. The summed E-state index contributed by atoms with van der Waals surface area (Å²) in [5, 5.41) is 0. The van der Waals surface area contributed by atoms with Gasteiger partial charge in [0.05, 0.1) is 19.8 Å². The number of rotatable bonds is 5. The first-order valence-corrected chi connectivity index (χ1v) is 8.28. The Morgan fingerprint density at radius 1 is 1.00 bits per heavy atom. The molecule has 0 amide bonds. The number of carbonyl (C=O) groups is 1. The molecule has 128 valence electrons. The Balaban J connectivity index is 2.09. The van der Waals surface area contributed by atoms with Gasteiger partial charge in [-0.25, -0.2) is 4.79 Å². The van der Waals surface area contributed by atoms with Crippen LogP contribution in [0, 0.1) is 17.8 Å². The van der Waals surface area contributed by atoms with Gasteiger partial charge < -0.3 is 14.2 Å². The lowest BCUT2D eigenvalue weighted by molar-refractivity contribution is -0.181. The van der Waals surface area contributed by atoms with Gasteiger partial charge >= 0.3 is 5.97 Å². The molecule has 1 aliphatic rings. The van der Waals surface area contributed by atoms with Crippen molar-refractivity contribution in [2.75, 3.05) is 14.2 Å². The van der Waals surface area contributed by atoms with Gasteiger partial charge in [-0.05, 0) is 35.3 Å². The number of carbonyl (C=O) groups excluding carboxylic acids is 1. The van der Waals surface area contributed by atoms with Crippen molar-refractivity contribution in [1.82, 2.24) is 0 Å². The molecule has 23 heavy (non-hydrogen) atoms. The fourth-order valence-corrected chi connectivity index (χ4v) is 3.32. The van der Waals surface area contributed by atoms with Crippen LogP contribution in [-0.2, 0) is 32.0 Å². The van der Waals surface area contributed by atoms with Crippen molar-refractivity contribution in [2.45, 2.75) is 46.0 Å². The highest BCUT2D eigenvalue weighted by atomic mass is 16.6. The number of hydrogen-bond donors (Lipinski definition) is 0. The number of ether oxygens (including phenoxy) is 3. The third-order valence-electron chi connectivity index (χ3n) is 5.25. The first kappa shape index (κ1) is 18.0. The number of hydrogen-bond acceptors (Lipinski definition) is 4. The fourth-order valence-electron chi connectivity index (χ4n) is 3.32. The molecule has 0 radical (unpaired) electrons. The van der Waals surface area contributed by atoms with Crippen molar-refractivity contribution < 1.29 is 19.0 Å². The summed E-state index contributed by atoms with van der Waals surface area (Å²) in [6.07, 6.45) is 0.362. The summed E-state index contributed by atoms with van der Waals surface area (Å²) in [5.41, 5.74) is 2.37. The average molecular weight is 320 g/mol. The van der Waals surface area contributed by atoms with Crippen LogP contribution in [0.3, 0.4) is 0 Å². The maximum atomic E-state index is 12.0. The van der Waals surface area contributed by atoms with Crippen molar-refractivity contribution in [1.29, 1.82) is 0 Å². The molecule has 5 atom stereocenters. The summed E-state index contributed by atoms with van der Waals surface area (Å²) in [4.78, 5) is 12.0. The minimum atomic E-state index is -0.469. The third-order valence-corrected chi connectivity index (χ3v) is 5.25. The highest BCUT2D eigenvalue weighted by Crippen LogP contribution is 2.36. The summed E-state index contributed by atoms with van der Waals surface area (Å²) in [5.74, 6) is 0.699. The normalized spacial score (nSPS) is 30.9. The molecule has 4 heteroatoms. The van der Waals surface area contributed by atoms with E-state index in [-0.39, 0.29) is 18.0 Å². The number of esters is 1. The van der Waals surface area contributed by atoms with Crippen LogP contribution in [0.4, 0.5) is 0 Å². The quantitative estimate of drug-likeness (QED) is 0.781. The minimum absolute atomic E-state index is 0.0265. The van der Waals surface area contributed by atoms with Gasteiger partial charge in [0.1, 0.15) is 0 Å². The van der Waals surface area contributed by atoms with Crippen LogP contribution >= 0.6 is 0 Å². The van der Waals surface area contributed by atoms with Gasteiger partial charge in [-0.15, -0.1) is 0 Å². The van der Waals surface area contributed by atoms with Gasteiger partial charge in [0.25, 0.3) is 0 Å². The van der Waals surface area contributed by atoms with E-state index in [1.54, 1.807) is 7.11 Å². The van der Waals surface area contributed by atoms with E-state index >= 15 is 0 Å². The molecule has 2 rings (SSSR count). The van der Waals surface area contributed by atoms with Gasteiger partial charge in [0.15, 0.2) is 6.10 Å². The Morgan fingerprint density at radius 2 is 1.61 bits per heavy atom. The van der Waals surface area contributed by atoms with Gasteiger partial charge in [-0.1, -0.05) is 45.0 Å². The van der Waals surface area contributed by atoms with Gasteiger partial charge in [0.2, 0.25) is 0 Å². The van der Waals surface area contributed by atoms with Crippen molar-refractivity contribution in [3.63, 3.8) is 0 Å². The fraction of sp³-hybridized carbons (Fsp3) is 0.632. The second-order valence-electron chi connectivity index (χ2n) is 6.65. The van der Waals surface area contributed by atoms with Crippen LogP contribution in [0.5, 0.6) is 0 Å². The maximum absolute atomic E-state index is 12.0. The smallest absolute Gasteiger partial charge is 0.335 e. The van der Waals surface area contributed by atoms with Crippen molar-refractivity contribution >= 4 is 5.97 Å². The summed E-state index contributed by atoms with van der Waals surface area (Å²) in [7, 11) is 3.12. The second kappa shape index (κ2) is 7.93.